The van der Waals surface area contributed by atoms with E-state index in [0.717, 1.165) is 5.56 Å². The summed E-state index contributed by atoms with van der Waals surface area (Å²) in [4.78, 5) is 25.4. The summed E-state index contributed by atoms with van der Waals surface area (Å²) in [5.41, 5.74) is 1.59. The third-order valence-corrected chi connectivity index (χ3v) is 1.72. The van der Waals surface area contributed by atoms with Gasteiger partial charge in [0.05, 0.1) is 12.1 Å². The lowest BCUT2D eigenvalue weighted by Gasteiger charge is -2.01. The largest absolute Gasteiger partial charge is 0.481 e. The first kappa shape index (κ1) is 10.4. The maximum Gasteiger partial charge on any atom is 0.309 e. The molecule has 1 aromatic rings. The first-order chi connectivity index (χ1) is 6.49. The molecule has 0 aliphatic carbocycles. The van der Waals surface area contributed by atoms with Crippen molar-refractivity contribution in [2.75, 3.05) is 0 Å². The zero-order valence-corrected chi connectivity index (χ0v) is 8.07. The van der Waals surface area contributed by atoms with Crippen LogP contribution in [0.1, 0.15) is 28.7 Å². The number of pyridine rings is 1. The molecule has 1 rings (SSSR count). The minimum Gasteiger partial charge on any atom is -0.481 e. The van der Waals surface area contributed by atoms with Gasteiger partial charge >= 0.3 is 5.97 Å². The fourth-order valence-corrected chi connectivity index (χ4v) is 1.17. The second-order valence-corrected chi connectivity index (χ2v) is 3.15. The van der Waals surface area contributed by atoms with E-state index in [9.17, 15) is 9.59 Å². The SMILES string of the molecule is CC(=O)c1cc(C)cc(CC(=O)O)n1. The first-order valence-corrected chi connectivity index (χ1v) is 4.19. The molecule has 0 fully saturated rings. The predicted molar refractivity (Wildman–Crippen MR) is 50.3 cm³/mol. The first-order valence-electron chi connectivity index (χ1n) is 4.19. The second-order valence-electron chi connectivity index (χ2n) is 3.15. The molecule has 0 radical (unpaired) electrons. The molecule has 4 heteroatoms. The van der Waals surface area contributed by atoms with Gasteiger partial charge in [-0.2, -0.15) is 0 Å². The monoisotopic (exact) mass is 193 g/mol. The second kappa shape index (κ2) is 4.00. The number of aliphatic carboxylic acids is 1. The highest BCUT2D eigenvalue weighted by atomic mass is 16.4. The number of hydrogen-bond acceptors (Lipinski definition) is 3. The van der Waals surface area contributed by atoms with Crippen LogP contribution in [0.25, 0.3) is 0 Å². The topological polar surface area (TPSA) is 67.3 Å². The van der Waals surface area contributed by atoms with Crippen LogP contribution in [0, 0.1) is 6.92 Å². The van der Waals surface area contributed by atoms with Gasteiger partial charge < -0.3 is 5.11 Å². The van der Waals surface area contributed by atoms with E-state index in [2.05, 4.69) is 4.98 Å². The van der Waals surface area contributed by atoms with Crippen molar-refractivity contribution in [3.8, 4) is 0 Å². The number of Topliss-reactive ketones (excluding diaryl/α,β-unsaturated/α-hetero) is 1. The minimum atomic E-state index is -0.947. The fraction of sp³-hybridized carbons (Fsp3) is 0.300. The molecule has 74 valence electrons. The Morgan fingerprint density at radius 3 is 2.57 bits per heavy atom. The van der Waals surface area contributed by atoms with Gasteiger partial charge in [-0.05, 0) is 24.6 Å². The summed E-state index contributed by atoms with van der Waals surface area (Å²) in [6.45, 7) is 3.21. The van der Waals surface area contributed by atoms with Crippen LogP contribution in [0.2, 0.25) is 0 Å². The molecule has 0 amide bonds. The molecule has 4 nitrogen and oxygen atoms in total. The van der Waals surface area contributed by atoms with Crippen molar-refractivity contribution in [2.24, 2.45) is 0 Å². The standard InChI is InChI=1S/C10H11NO3/c1-6-3-8(5-10(13)14)11-9(4-6)7(2)12/h3-4H,5H2,1-2H3,(H,13,14). The Balaban J connectivity index is 3.07. The van der Waals surface area contributed by atoms with Crippen LogP contribution >= 0.6 is 0 Å². The van der Waals surface area contributed by atoms with Crippen molar-refractivity contribution in [3.63, 3.8) is 0 Å². The summed E-state index contributed by atoms with van der Waals surface area (Å²) in [5.74, 6) is -1.10. The summed E-state index contributed by atoms with van der Waals surface area (Å²) >= 11 is 0. The molecule has 1 N–H and O–H groups in total. The van der Waals surface area contributed by atoms with Gasteiger partial charge in [-0.25, -0.2) is 4.98 Å². The average molecular weight is 193 g/mol. The van der Waals surface area contributed by atoms with Crippen LogP contribution < -0.4 is 0 Å². The van der Waals surface area contributed by atoms with Crippen LogP contribution in [-0.4, -0.2) is 21.8 Å². The van der Waals surface area contributed by atoms with Crippen molar-refractivity contribution in [2.45, 2.75) is 20.3 Å². The Labute approximate surface area is 81.6 Å². The molecule has 0 saturated carbocycles. The van der Waals surface area contributed by atoms with Crippen molar-refractivity contribution >= 4 is 11.8 Å². The van der Waals surface area contributed by atoms with E-state index >= 15 is 0 Å². The molecule has 0 saturated heterocycles. The zero-order chi connectivity index (χ0) is 10.7. The van der Waals surface area contributed by atoms with Crippen LogP contribution in [0.3, 0.4) is 0 Å². The van der Waals surface area contributed by atoms with Crippen LogP contribution in [0.4, 0.5) is 0 Å². The number of carboxylic acids is 1. The predicted octanol–water partition coefficient (Wildman–Crippen LogP) is 1.22. The average Bonchev–Trinajstić information content (AvgIpc) is 2.01. The Hall–Kier alpha value is -1.71. The fourth-order valence-electron chi connectivity index (χ4n) is 1.17. The summed E-state index contributed by atoms with van der Waals surface area (Å²) in [6, 6.07) is 3.31. The van der Waals surface area contributed by atoms with Gasteiger partial charge in [0.15, 0.2) is 5.78 Å². The van der Waals surface area contributed by atoms with Gasteiger partial charge in [-0.3, -0.25) is 9.59 Å². The van der Waals surface area contributed by atoms with Crippen molar-refractivity contribution < 1.29 is 14.7 Å². The van der Waals surface area contributed by atoms with E-state index in [1.165, 1.54) is 6.92 Å². The molecular weight excluding hydrogens is 182 g/mol. The number of aromatic nitrogens is 1. The smallest absolute Gasteiger partial charge is 0.309 e. The number of rotatable bonds is 3. The molecule has 0 unspecified atom stereocenters. The summed E-state index contributed by atoms with van der Waals surface area (Å²) in [5, 5.41) is 8.56. The highest BCUT2D eigenvalue weighted by molar-refractivity contribution is 5.92. The molecular formula is C10H11NO3. The van der Waals surface area contributed by atoms with Crippen LogP contribution in [-0.2, 0) is 11.2 Å². The zero-order valence-electron chi connectivity index (χ0n) is 8.07. The highest BCUT2D eigenvalue weighted by Gasteiger charge is 2.07. The van der Waals surface area contributed by atoms with E-state index < -0.39 is 5.97 Å². The van der Waals surface area contributed by atoms with Gasteiger partial charge in [0.2, 0.25) is 0 Å². The number of carbonyl (C=O) groups is 2. The maximum atomic E-state index is 11.0. The summed E-state index contributed by atoms with van der Waals surface area (Å²) in [6.07, 6.45) is -0.151. The Morgan fingerprint density at radius 2 is 2.07 bits per heavy atom. The Morgan fingerprint density at radius 1 is 1.43 bits per heavy atom. The van der Waals surface area contributed by atoms with E-state index in [1.807, 2.05) is 0 Å². The number of hydrogen-bond donors (Lipinski definition) is 1. The number of ketones is 1. The Bertz CT molecular complexity index is 385. The van der Waals surface area contributed by atoms with Gasteiger partial charge in [-0.1, -0.05) is 0 Å². The van der Waals surface area contributed by atoms with Gasteiger partial charge in [0, 0.05) is 6.92 Å². The highest BCUT2D eigenvalue weighted by Crippen LogP contribution is 2.06. The third kappa shape index (κ3) is 2.65. The Kier molecular flexibility index (Phi) is 2.96. The molecule has 1 aromatic heterocycles. The molecule has 0 aromatic carbocycles. The number of nitrogens with zero attached hydrogens (tertiary/aromatic N) is 1. The summed E-state index contributed by atoms with van der Waals surface area (Å²) in [7, 11) is 0. The summed E-state index contributed by atoms with van der Waals surface area (Å²) < 4.78 is 0. The lowest BCUT2D eigenvalue weighted by molar-refractivity contribution is -0.136. The van der Waals surface area contributed by atoms with E-state index in [-0.39, 0.29) is 12.2 Å². The van der Waals surface area contributed by atoms with Crippen LogP contribution in [0.5, 0.6) is 0 Å². The van der Waals surface area contributed by atoms with E-state index in [4.69, 9.17) is 5.11 Å². The molecule has 0 bridgehead atoms. The minimum absolute atomic E-state index is 0.151. The van der Waals surface area contributed by atoms with Gasteiger partial charge in [0.25, 0.3) is 0 Å². The van der Waals surface area contributed by atoms with Crippen LogP contribution in [0.15, 0.2) is 12.1 Å². The number of carbonyl (C=O) groups excluding carboxylic acids is 1. The maximum absolute atomic E-state index is 11.0. The molecule has 0 atom stereocenters. The molecule has 0 aliphatic heterocycles. The number of carboxylic acid groups (broad SMARTS) is 1. The quantitative estimate of drug-likeness (QED) is 0.733. The number of aryl methyl sites for hydroxylation is 1. The van der Waals surface area contributed by atoms with Gasteiger partial charge in [0.1, 0.15) is 5.69 Å². The third-order valence-electron chi connectivity index (χ3n) is 1.72. The molecule has 0 aliphatic rings. The molecule has 0 spiro atoms. The van der Waals surface area contributed by atoms with Crippen molar-refractivity contribution in [1.29, 1.82) is 0 Å². The van der Waals surface area contributed by atoms with Gasteiger partial charge in [-0.15, -0.1) is 0 Å². The molecule has 14 heavy (non-hydrogen) atoms. The van der Waals surface area contributed by atoms with Crippen molar-refractivity contribution in [3.05, 3.63) is 29.1 Å². The lowest BCUT2D eigenvalue weighted by Crippen LogP contribution is -2.06. The van der Waals surface area contributed by atoms with E-state index in [0.29, 0.717) is 11.4 Å². The lowest BCUT2D eigenvalue weighted by atomic mass is 10.1. The normalized spacial score (nSPS) is 9.86. The molecule has 1 heterocycles. The van der Waals surface area contributed by atoms with E-state index in [1.54, 1.807) is 19.1 Å². The van der Waals surface area contributed by atoms with Crippen molar-refractivity contribution in [1.82, 2.24) is 4.98 Å².